The maximum atomic E-state index is 12.5. The van der Waals surface area contributed by atoms with Crippen LogP contribution < -0.4 is 16.6 Å². The number of nitrogens with two attached hydrogens (primary N) is 1. The average molecular weight is 290 g/mol. The van der Waals surface area contributed by atoms with Crippen molar-refractivity contribution in [1.82, 2.24) is 9.55 Å². The zero-order valence-electron chi connectivity index (χ0n) is 10.9. The van der Waals surface area contributed by atoms with E-state index in [4.69, 9.17) is 10.2 Å². The highest BCUT2D eigenvalue weighted by Crippen LogP contribution is 2.31. The fourth-order valence-electron chi connectivity index (χ4n) is 2.03. The number of rotatable bonds is 4. The van der Waals surface area contributed by atoms with Crippen LogP contribution in [-0.4, -0.2) is 22.6 Å². The first-order valence-electron chi connectivity index (χ1n) is 6.18. The number of furan rings is 1. The molecule has 0 saturated heterocycles. The predicted molar refractivity (Wildman–Crippen MR) is 80.1 cm³/mol. The number of nitrogens with zero attached hydrogens (tertiary/aromatic N) is 2. The van der Waals surface area contributed by atoms with Crippen LogP contribution in [0, 0.1) is 0 Å². The molecule has 3 heterocycles. The SMILES string of the molecule is Cn1c(NCCN)nc2scc(-c3ccco3)c2c1=O. The quantitative estimate of drug-likeness (QED) is 0.762. The molecule has 3 rings (SSSR count). The summed E-state index contributed by atoms with van der Waals surface area (Å²) in [5, 5.41) is 5.53. The van der Waals surface area contributed by atoms with Crippen molar-refractivity contribution < 1.29 is 4.42 Å². The Morgan fingerprint density at radius 1 is 1.55 bits per heavy atom. The van der Waals surface area contributed by atoms with Crippen LogP contribution in [-0.2, 0) is 7.05 Å². The number of hydrogen-bond acceptors (Lipinski definition) is 6. The summed E-state index contributed by atoms with van der Waals surface area (Å²) in [5.74, 6) is 1.21. The third kappa shape index (κ3) is 2.00. The van der Waals surface area contributed by atoms with Crippen molar-refractivity contribution in [3.8, 4) is 11.3 Å². The molecule has 0 atom stereocenters. The molecule has 3 aromatic rings. The fourth-order valence-corrected chi connectivity index (χ4v) is 2.94. The van der Waals surface area contributed by atoms with Crippen LogP contribution in [0.2, 0.25) is 0 Å². The molecular formula is C13H14N4O2S. The molecule has 0 spiro atoms. The Morgan fingerprint density at radius 2 is 2.40 bits per heavy atom. The minimum atomic E-state index is -0.0952. The summed E-state index contributed by atoms with van der Waals surface area (Å²) >= 11 is 1.43. The standard InChI is InChI=1S/C13H14N4O2S/c1-17-12(18)10-8(9-3-2-6-19-9)7-20-11(10)16-13(17)15-5-4-14/h2-3,6-7H,4-5,14H2,1H3,(H,15,16). The molecule has 0 unspecified atom stereocenters. The van der Waals surface area contributed by atoms with Gasteiger partial charge in [-0.05, 0) is 12.1 Å². The summed E-state index contributed by atoms with van der Waals surface area (Å²) in [6.45, 7) is 1.05. The van der Waals surface area contributed by atoms with Crippen molar-refractivity contribution in [2.75, 3.05) is 18.4 Å². The highest BCUT2D eigenvalue weighted by molar-refractivity contribution is 7.17. The van der Waals surface area contributed by atoms with E-state index in [9.17, 15) is 4.79 Å². The summed E-state index contributed by atoms with van der Waals surface area (Å²) < 4.78 is 6.87. The van der Waals surface area contributed by atoms with Gasteiger partial charge in [0.05, 0.1) is 11.6 Å². The zero-order valence-corrected chi connectivity index (χ0v) is 11.7. The Balaban J connectivity index is 2.20. The lowest BCUT2D eigenvalue weighted by molar-refractivity contribution is 0.583. The van der Waals surface area contributed by atoms with Crippen molar-refractivity contribution in [3.05, 3.63) is 34.1 Å². The summed E-state index contributed by atoms with van der Waals surface area (Å²) in [7, 11) is 1.69. The van der Waals surface area contributed by atoms with Gasteiger partial charge in [0, 0.05) is 31.1 Å². The van der Waals surface area contributed by atoms with Crippen LogP contribution in [0.25, 0.3) is 21.5 Å². The molecule has 6 nitrogen and oxygen atoms in total. The van der Waals surface area contributed by atoms with Crippen LogP contribution in [0.3, 0.4) is 0 Å². The molecule has 20 heavy (non-hydrogen) atoms. The Bertz CT molecular complexity index is 789. The van der Waals surface area contributed by atoms with Crippen LogP contribution in [0.5, 0.6) is 0 Å². The molecule has 0 fully saturated rings. The normalized spacial score (nSPS) is 11.1. The smallest absolute Gasteiger partial charge is 0.264 e. The van der Waals surface area contributed by atoms with E-state index in [0.29, 0.717) is 35.0 Å². The first-order chi connectivity index (χ1) is 9.72. The minimum Gasteiger partial charge on any atom is -0.464 e. The van der Waals surface area contributed by atoms with Crippen LogP contribution in [0.15, 0.2) is 33.0 Å². The second kappa shape index (κ2) is 5.10. The Hall–Kier alpha value is -2.12. The van der Waals surface area contributed by atoms with Gasteiger partial charge in [-0.3, -0.25) is 9.36 Å². The molecule has 0 amide bonds. The highest BCUT2D eigenvalue weighted by atomic mass is 32.1. The number of aromatic nitrogens is 2. The van der Waals surface area contributed by atoms with E-state index in [1.807, 2.05) is 11.4 Å². The van der Waals surface area contributed by atoms with Gasteiger partial charge in [-0.1, -0.05) is 0 Å². The Kier molecular flexibility index (Phi) is 3.29. The van der Waals surface area contributed by atoms with Crippen LogP contribution in [0.4, 0.5) is 5.95 Å². The zero-order chi connectivity index (χ0) is 14.1. The molecule has 3 aromatic heterocycles. The molecule has 0 aliphatic rings. The predicted octanol–water partition coefficient (Wildman–Crippen LogP) is 1.63. The van der Waals surface area contributed by atoms with Crippen molar-refractivity contribution in [2.24, 2.45) is 12.8 Å². The van der Waals surface area contributed by atoms with Gasteiger partial charge in [0.2, 0.25) is 5.95 Å². The van der Waals surface area contributed by atoms with Crippen molar-refractivity contribution in [3.63, 3.8) is 0 Å². The number of anilines is 1. The first kappa shape index (κ1) is 12.9. The Morgan fingerprint density at radius 3 is 3.10 bits per heavy atom. The van der Waals surface area contributed by atoms with Gasteiger partial charge in [-0.15, -0.1) is 11.3 Å². The second-order valence-corrected chi connectivity index (χ2v) is 5.18. The van der Waals surface area contributed by atoms with Crippen molar-refractivity contribution in [1.29, 1.82) is 0 Å². The lowest BCUT2D eigenvalue weighted by Crippen LogP contribution is -2.24. The summed E-state index contributed by atoms with van der Waals surface area (Å²) in [4.78, 5) is 17.7. The van der Waals surface area contributed by atoms with E-state index < -0.39 is 0 Å². The molecule has 0 saturated carbocycles. The third-order valence-electron chi connectivity index (χ3n) is 3.03. The van der Waals surface area contributed by atoms with Crippen molar-refractivity contribution >= 4 is 27.5 Å². The van der Waals surface area contributed by atoms with E-state index in [-0.39, 0.29) is 5.56 Å². The molecule has 0 aliphatic heterocycles. The first-order valence-corrected chi connectivity index (χ1v) is 7.06. The lowest BCUT2D eigenvalue weighted by Gasteiger charge is -2.09. The summed E-state index contributed by atoms with van der Waals surface area (Å²) in [6.07, 6.45) is 1.59. The molecule has 0 bridgehead atoms. The average Bonchev–Trinajstić information content (AvgIpc) is 3.09. The highest BCUT2D eigenvalue weighted by Gasteiger charge is 2.16. The van der Waals surface area contributed by atoms with Crippen LogP contribution in [0.1, 0.15) is 0 Å². The van der Waals surface area contributed by atoms with E-state index in [1.165, 1.54) is 15.9 Å². The number of hydrogen-bond donors (Lipinski definition) is 2. The van der Waals surface area contributed by atoms with E-state index >= 15 is 0 Å². The van der Waals surface area contributed by atoms with Gasteiger partial charge in [0.1, 0.15) is 10.6 Å². The maximum absolute atomic E-state index is 12.5. The molecule has 0 radical (unpaired) electrons. The van der Waals surface area contributed by atoms with E-state index in [1.54, 1.807) is 19.4 Å². The second-order valence-electron chi connectivity index (χ2n) is 4.32. The summed E-state index contributed by atoms with van der Waals surface area (Å²) in [5.41, 5.74) is 6.15. The molecule has 7 heteroatoms. The van der Waals surface area contributed by atoms with Gasteiger partial charge in [0.15, 0.2) is 0 Å². The molecule has 0 aliphatic carbocycles. The molecular weight excluding hydrogens is 276 g/mol. The van der Waals surface area contributed by atoms with Crippen LogP contribution >= 0.6 is 11.3 Å². The summed E-state index contributed by atoms with van der Waals surface area (Å²) in [6, 6.07) is 3.63. The van der Waals surface area contributed by atoms with E-state index in [0.717, 1.165) is 5.56 Å². The van der Waals surface area contributed by atoms with Crippen molar-refractivity contribution in [2.45, 2.75) is 0 Å². The van der Waals surface area contributed by atoms with Gasteiger partial charge >= 0.3 is 0 Å². The third-order valence-corrected chi connectivity index (χ3v) is 3.90. The van der Waals surface area contributed by atoms with E-state index in [2.05, 4.69) is 10.3 Å². The maximum Gasteiger partial charge on any atom is 0.264 e. The number of thiophene rings is 1. The lowest BCUT2D eigenvalue weighted by atomic mass is 10.2. The molecule has 0 aromatic carbocycles. The fraction of sp³-hybridized carbons (Fsp3) is 0.231. The Labute approximate surface area is 118 Å². The monoisotopic (exact) mass is 290 g/mol. The van der Waals surface area contributed by atoms with Gasteiger partial charge < -0.3 is 15.5 Å². The topological polar surface area (TPSA) is 86.1 Å². The number of nitrogens with one attached hydrogen (secondary N) is 1. The van der Waals surface area contributed by atoms with Gasteiger partial charge in [-0.2, -0.15) is 0 Å². The van der Waals surface area contributed by atoms with Gasteiger partial charge in [-0.25, -0.2) is 4.98 Å². The number of fused-ring (bicyclic) bond motifs is 1. The van der Waals surface area contributed by atoms with Gasteiger partial charge in [0.25, 0.3) is 5.56 Å². The molecule has 104 valence electrons. The minimum absolute atomic E-state index is 0.0952. The largest absolute Gasteiger partial charge is 0.464 e. The molecule has 3 N–H and O–H groups in total.